The molecule has 4 rings (SSSR count). The average molecular weight is 548 g/mol. The first kappa shape index (κ1) is 22.4. The van der Waals surface area contributed by atoms with Gasteiger partial charge in [-0.15, -0.1) is 0 Å². The first-order valence-electron chi connectivity index (χ1n) is 9.69. The van der Waals surface area contributed by atoms with Crippen molar-refractivity contribution in [1.29, 1.82) is 0 Å². The van der Waals surface area contributed by atoms with Crippen molar-refractivity contribution >= 4 is 20.3 Å². The summed E-state index contributed by atoms with van der Waals surface area (Å²) in [5, 5.41) is 0. The molecule has 0 radical (unpaired) electrons. The molecule has 0 saturated carbocycles. The van der Waals surface area contributed by atoms with Crippen LogP contribution in [-0.2, 0) is 29.0 Å². The van der Waals surface area contributed by atoms with E-state index < -0.39 is 0 Å². The first-order valence-corrected chi connectivity index (χ1v) is 12.7. The van der Waals surface area contributed by atoms with Gasteiger partial charge in [0.2, 0.25) is 0 Å². The summed E-state index contributed by atoms with van der Waals surface area (Å²) in [5.41, 5.74) is 5.37. The van der Waals surface area contributed by atoms with Gasteiger partial charge in [0.05, 0.1) is 34.2 Å². The van der Waals surface area contributed by atoms with Gasteiger partial charge in [-0.1, -0.05) is 18.2 Å². The Hall–Kier alpha value is -1.30. The molecular formula is C24H27CuIN3. The van der Waals surface area contributed by atoms with Crippen LogP contribution >= 0.6 is 20.3 Å². The maximum absolute atomic E-state index is 5.07. The predicted octanol–water partition coefficient (Wildman–Crippen LogP) is 6.05. The van der Waals surface area contributed by atoms with Crippen molar-refractivity contribution in [2.45, 2.75) is 57.8 Å². The van der Waals surface area contributed by atoms with Gasteiger partial charge in [-0.2, -0.15) is 0 Å². The van der Waals surface area contributed by atoms with E-state index in [0.29, 0.717) is 0 Å². The fourth-order valence-corrected chi connectivity index (χ4v) is 3.79. The van der Waals surface area contributed by atoms with Crippen molar-refractivity contribution in [3.8, 4) is 0 Å². The second-order valence-electron chi connectivity index (χ2n) is 9.10. The quantitative estimate of drug-likeness (QED) is 0.254. The summed E-state index contributed by atoms with van der Waals surface area (Å²) in [6, 6.07) is 18.9. The molecule has 3 aromatic heterocycles. The van der Waals surface area contributed by atoms with Crippen LogP contribution in [0.4, 0.5) is 0 Å². The van der Waals surface area contributed by atoms with E-state index >= 15 is 0 Å². The van der Waals surface area contributed by atoms with Crippen molar-refractivity contribution in [1.82, 2.24) is 15.0 Å². The molecule has 3 nitrogen and oxygen atoms in total. The molecule has 156 valence electrons. The molecule has 0 unspecified atom stereocenters. The molecule has 3 aromatic rings. The van der Waals surface area contributed by atoms with Gasteiger partial charge < -0.3 is 0 Å². The normalized spacial score (nSPS) is 17.8. The van der Waals surface area contributed by atoms with Crippen LogP contribution in [0.25, 0.3) is 0 Å². The predicted molar refractivity (Wildman–Crippen MR) is 123 cm³/mol. The van der Waals surface area contributed by atoms with Crippen LogP contribution < -0.4 is 0 Å². The third-order valence-electron chi connectivity index (χ3n) is 6.09. The number of pyridine rings is 3. The fraction of sp³-hybridized carbons (Fsp3) is 0.375. The van der Waals surface area contributed by atoms with Crippen molar-refractivity contribution in [2.75, 3.05) is 0 Å². The van der Waals surface area contributed by atoms with E-state index in [2.05, 4.69) is 109 Å². The van der Waals surface area contributed by atoms with Crippen LogP contribution in [0.1, 0.15) is 75.7 Å². The minimum atomic E-state index is -0.279. The molecule has 1 aliphatic heterocycles. The molecule has 0 aromatic carbocycles. The van der Waals surface area contributed by atoms with Gasteiger partial charge in [0.15, 0.2) is 0 Å². The van der Waals surface area contributed by atoms with E-state index in [-0.39, 0.29) is 16.2 Å². The molecular weight excluding hydrogens is 521 g/mol. The Morgan fingerprint density at radius 2 is 0.655 bits per heavy atom. The van der Waals surface area contributed by atoms with Crippen molar-refractivity contribution in [2.24, 2.45) is 0 Å². The third kappa shape index (κ3) is 3.89. The molecule has 1 aliphatic rings. The molecule has 0 N–H and O–H groups in total. The fourth-order valence-electron chi connectivity index (χ4n) is 3.79. The zero-order chi connectivity index (χ0) is 21.4. The van der Waals surface area contributed by atoms with Gasteiger partial charge in [0.25, 0.3) is 0 Å². The van der Waals surface area contributed by atoms with Gasteiger partial charge in [-0.05, 0) is 77.9 Å². The van der Waals surface area contributed by atoms with Crippen LogP contribution in [0.2, 0.25) is 0 Å². The number of aromatic nitrogens is 3. The molecule has 0 fully saturated rings. The molecule has 29 heavy (non-hydrogen) atoms. The van der Waals surface area contributed by atoms with Gasteiger partial charge in [0.1, 0.15) is 0 Å². The molecule has 5 heteroatoms. The minimum absolute atomic E-state index is 0.279. The van der Waals surface area contributed by atoms with Gasteiger partial charge in [-0.3, -0.25) is 15.0 Å². The summed E-state index contributed by atoms with van der Waals surface area (Å²) in [4.78, 5) is 15.2. The second-order valence-corrected chi connectivity index (χ2v) is 9.10. The average Bonchev–Trinajstić information content (AvgIpc) is 2.75. The number of halogens is 1. The summed E-state index contributed by atoms with van der Waals surface area (Å²) >= 11 is 5.87. The van der Waals surface area contributed by atoms with Crippen LogP contribution in [0.15, 0.2) is 54.6 Å². The van der Waals surface area contributed by atoms with Crippen LogP contribution in [0.5, 0.6) is 0 Å². The second kappa shape index (κ2) is 8.09. The summed E-state index contributed by atoms with van der Waals surface area (Å²) in [5.74, 6) is 0. The zero-order valence-corrected chi connectivity index (χ0v) is 20.8. The van der Waals surface area contributed by atoms with Crippen molar-refractivity contribution < 1.29 is 12.8 Å². The van der Waals surface area contributed by atoms with Crippen LogP contribution in [-0.4, -0.2) is 15.0 Å². The number of hydrogen-bond donors (Lipinski definition) is 0. The van der Waals surface area contributed by atoms with E-state index in [1.165, 1.54) is 0 Å². The Labute approximate surface area is 193 Å². The van der Waals surface area contributed by atoms with Crippen LogP contribution in [0, 0.1) is 0 Å². The SMILES string of the molecule is CC1(C)c2cccc(n2)C(C)(C)c2cccc(n2)C(C)(C)c2cccc1n2.[Cu][I]. The number of fused-ring (bicyclic) bond motifs is 6. The molecule has 0 atom stereocenters. The summed E-state index contributed by atoms with van der Waals surface area (Å²) in [6.07, 6.45) is 0. The Morgan fingerprint density at radius 3 is 0.828 bits per heavy atom. The zero-order valence-electron chi connectivity index (χ0n) is 17.7. The van der Waals surface area contributed by atoms with Crippen LogP contribution in [0.3, 0.4) is 0 Å². The van der Waals surface area contributed by atoms with Gasteiger partial charge in [0, 0.05) is 16.2 Å². The summed E-state index contributed by atoms with van der Waals surface area (Å²) < 4.78 is 0. The van der Waals surface area contributed by atoms with Crippen molar-refractivity contribution in [3.05, 3.63) is 88.8 Å². The van der Waals surface area contributed by atoms with Gasteiger partial charge >= 0.3 is 33.1 Å². The maximum atomic E-state index is 5.07. The Balaban J connectivity index is 0.00000117. The van der Waals surface area contributed by atoms with Gasteiger partial charge in [-0.25, -0.2) is 0 Å². The Kier molecular flexibility index (Phi) is 6.24. The summed E-state index contributed by atoms with van der Waals surface area (Å²) in [7, 11) is 0. The monoisotopic (exact) mass is 547 g/mol. The molecule has 4 heterocycles. The molecule has 6 bridgehead atoms. The first-order chi connectivity index (χ1) is 13.6. The molecule has 0 saturated heterocycles. The molecule has 0 aliphatic carbocycles. The van der Waals surface area contributed by atoms with Crippen molar-refractivity contribution in [3.63, 3.8) is 0 Å². The van der Waals surface area contributed by atoms with E-state index in [9.17, 15) is 0 Å². The Bertz CT molecular complexity index is 832. The topological polar surface area (TPSA) is 38.7 Å². The molecule has 0 amide bonds. The number of rotatable bonds is 0. The van der Waals surface area contributed by atoms with E-state index in [1.54, 1.807) is 20.3 Å². The Morgan fingerprint density at radius 1 is 0.483 bits per heavy atom. The van der Waals surface area contributed by atoms with E-state index in [0.717, 1.165) is 34.2 Å². The third-order valence-corrected chi connectivity index (χ3v) is 6.09. The number of nitrogens with zero attached hydrogens (tertiary/aromatic N) is 3. The van der Waals surface area contributed by atoms with E-state index in [1.807, 2.05) is 0 Å². The standard InChI is InChI=1S/C24H27N3.Cu.HI/c1-22(2)16-10-7-12-18(25-16)23(3,4)20-14-9-15-21(27-20)24(5,6)19-13-8-11-17(22)26-19;;/h7-15H,1-6H3;;1H/q;+1;/p-1. The van der Waals surface area contributed by atoms with E-state index in [4.69, 9.17) is 15.0 Å². The summed E-state index contributed by atoms with van der Waals surface area (Å²) in [6.45, 7) is 13.2. The molecule has 0 spiro atoms. The number of hydrogen-bond acceptors (Lipinski definition) is 3.